The van der Waals surface area contributed by atoms with E-state index in [1.54, 1.807) is 0 Å². The summed E-state index contributed by atoms with van der Waals surface area (Å²) in [6, 6.07) is 10.2. The second kappa shape index (κ2) is 6.40. The predicted octanol–water partition coefficient (Wildman–Crippen LogP) is 1.04. The van der Waals surface area contributed by atoms with E-state index in [2.05, 4.69) is 34.4 Å². The summed E-state index contributed by atoms with van der Waals surface area (Å²) in [5.41, 5.74) is 7.04. The van der Waals surface area contributed by atoms with Crippen LogP contribution in [0, 0.1) is 5.92 Å². The largest absolute Gasteiger partial charge is 0.370 e. The number of aliphatic imine (C=N–C) groups is 1. The lowest BCUT2D eigenvalue weighted by molar-refractivity contribution is 0.394. The van der Waals surface area contributed by atoms with Crippen molar-refractivity contribution in [3.05, 3.63) is 35.9 Å². The molecule has 0 bridgehead atoms. The van der Waals surface area contributed by atoms with E-state index in [1.807, 2.05) is 18.2 Å². The zero-order valence-electron chi connectivity index (χ0n) is 11.0. The van der Waals surface area contributed by atoms with Crippen LogP contribution in [-0.2, 0) is 6.54 Å². The lowest BCUT2D eigenvalue weighted by Gasteiger charge is -2.12. The van der Waals surface area contributed by atoms with Gasteiger partial charge in [-0.25, -0.2) is 4.99 Å². The van der Waals surface area contributed by atoms with Gasteiger partial charge in [0.15, 0.2) is 5.96 Å². The van der Waals surface area contributed by atoms with Gasteiger partial charge >= 0.3 is 0 Å². The van der Waals surface area contributed by atoms with Crippen LogP contribution in [0.15, 0.2) is 35.3 Å². The van der Waals surface area contributed by atoms with E-state index in [4.69, 9.17) is 5.73 Å². The molecule has 1 aliphatic heterocycles. The SMILES string of the molecule is CN1CCC(CNC(N)=NCc2ccccc2)C1. The van der Waals surface area contributed by atoms with Gasteiger partial charge in [0.2, 0.25) is 0 Å². The number of guanidine groups is 1. The molecule has 98 valence electrons. The van der Waals surface area contributed by atoms with E-state index in [0.717, 1.165) is 13.1 Å². The van der Waals surface area contributed by atoms with E-state index in [-0.39, 0.29) is 0 Å². The molecule has 0 radical (unpaired) electrons. The Morgan fingerprint density at radius 3 is 2.89 bits per heavy atom. The highest BCUT2D eigenvalue weighted by Crippen LogP contribution is 2.12. The first-order valence-corrected chi connectivity index (χ1v) is 6.50. The van der Waals surface area contributed by atoms with Gasteiger partial charge in [-0.3, -0.25) is 0 Å². The fraction of sp³-hybridized carbons (Fsp3) is 0.500. The van der Waals surface area contributed by atoms with Crippen molar-refractivity contribution in [2.75, 3.05) is 26.7 Å². The molecule has 3 N–H and O–H groups in total. The van der Waals surface area contributed by atoms with E-state index in [9.17, 15) is 0 Å². The van der Waals surface area contributed by atoms with Crippen LogP contribution in [-0.4, -0.2) is 37.5 Å². The molecule has 1 saturated heterocycles. The van der Waals surface area contributed by atoms with Crippen LogP contribution < -0.4 is 11.1 Å². The fourth-order valence-electron chi connectivity index (χ4n) is 2.26. The normalized spacial score (nSPS) is 21.2. The Morgan fingerprint density at radius 1 is 1.44 bits per heavy atom. The minimum atomic E-state index is 0.549. The first-order valence-electron chi connectivity index (χ1n) is 6.50. The molecule has 4 nitrogen and oxygen atoms in total. The summed E-state index contributed by atoms with van der Waals surface area (Å²) >= 11 is 0. The first kappa shape index (κ1) is 12.9. The smallest absolute Gasteiger partial charge is 0.188 e. The molecule has 4 heteroatoms. The monoisotopic (exact) mass is 246 g/mol. The summed E-state index contributed by atoms with van der Waals surface area (Å²) in [4.78, 5) is 6.69. The Hall–Kier alpha value is -1.55. The molecule has 0 aromatic heterocycles. The van der Waals surface area contributed by atoms with Gasteiger partial charge < -0.3 is 16.0 Å². The second-order valence-electron chi connectivity index (χ2n) is 4.98. The molecule has 1 fully saturated rings. The Morgan fingerprint density at radius 2 is 2.22 bits per heavy atom. The molecule has 0 saturated carbocycles. The van der Waals surface area contributed by atoms with Crippen LogP contribution in [0.3, 0.4) is 0 Å². The molecular formula is C14H22N4. The molecule has 2 rings (SSSR count). The zero-order chi connectivity index (χ0) is 12.8. The minimum absolute atomic E-state index is 0.549. The van der Waals surface area contributed by atoms with Gasteiger partial charge in [0.1, 0.15) is 0 Å². The van der Waals surface area contributed by atoms with Crippen LogP contribution in [0.1, 0.15) is 12.0 Å². The average Bonchev–Trinajstić information content (AvgIpc) is 2.81. The Balaban J connectivity index is 1.72. The molecule has 1 heterocycles. The number of hydrogen-bond acceptors (Lipinski definition) is 2. The van der Waals surface area contributed by atoms with E-state index in [1.165, 1.54) is 18.5 Å². The van der Waals surface area contributed by atoms with Crippen molar-refractivity contribution < 1.29 is 0 Å². The third-order valence-electron chi connectivity index (χ3n) is 3.34. The number of nitrogens with one attached hydrogen (secondary N) is 1. The molecule has 1 unspecified atom stereocenters. The van der Waals surface area contributed by atoms with Crippen molar-refractivity contribution in [1.82, 2.24) is 10.2 Å². The van der Waals surface area contributed by atoms with Gasteiger partial charge in [0.25, 0.3) is 0 Å². The Labute approximate surface area is 109 Å². The number of hydrogen-bond donors (Lipinski definition) is 2. The van der Waals surface area contributed by atoms with Gasteiger partial charge in [0.05, 0.1) is 6.54 Å². The van der Waals surface area contributed by atoms with Gasteiger partial charge in [-0.2, -0.15) is 0 Å². The van der Waals surface area contributed by atoms with Crippen LogP contribution >= 0.6 is 0 Å². The van der Waals surface area contributed by atoms with E-state index >= 15 is 0 Å². The summed E-state index contributed by atoms with van der Waals surface area (Å²) in [6.07, 6.45) is 1.25. The average molecular weight is 246 g/mol. The number of likely N-dealkylation sites (tertiary alicyclic amines) is 1. The molecule has 1 aromatic rings. The topological polar surface area (TPSA) is 53.6 Å². The highest BCUT2D eigenvalue weighted by molar-refractivity contribution is 5.77. The van der Waals surface area contributed by atoms with E-state index < -0.39 is 0 Å². The lowest BCUT2D eigenvalue weighted by Crippen LogP contribution is -2.36. The molecule has 0 amide bonds. The third kappa shape index (κ3) is 4.04. The maximum Gasteiger partial charge on any atom is 0.188 e. The maximum atomic E-state index is 5.86. The molecule has 1 atom stereocenters. The minimum Gasteiger partial charge on any atom is -0.370 e. The summed E-state index contributed by atoms with van der Waals surface area (Å²) in [5.74, 6) is 1.24. The van der Waals surface area contributed by atoms with Crippen LogP contribution in [0.4, 0.5) is 0 Å². The highest BCUT2D eigenvalue weighted by atomic mass is 15.1. The first-order chi connectivity index (χ1) is 8.74. The quantitative estimate of drug-likeness (QED) is 0.616. The van der Waals surface area contributed by atoms with Gasteiger partial charge in [-0.05, 0) is 31.5 Å². The standard InChI is InChI=1S/C14H22N4/c1-18-8-7-13(11-18)10-17-14(15)16-9-12-5-3-2-4-6-12/h2-6,13H,7-11H2,1H3,(H3,15,16,17). The fourth-order valence-corrected chi connectivity index (χ4v) is 2.26. The lowest BCUT2D eigenvalue weighted by atomic mass is 10.1. The molecule has 18 heavy (non-hydrogen) atoms. The number of benzene rings is 1. The van der Waals surface area contributed by atoms with Crippen molar-refractivity contribution in [2.45, 2.75) is 13.0 Å². The number of rotatable bonds is 4. The number of nitrogens with zero attached hydrogens (tertiary/aromatic N) is 2. The summed E-state index contributed by atoms with van der Waals surface area (Å²) in [5, 5.41) is 3.22. The zero-order valence-corrected chi connectivity index (χ0v) is 11.0. The van der Waals surface area contributed by atoms with Crippen molar-refractivity contribution in [2.24, 2.45) is 16.6 Å². The summed E-state index contributed by atoms with van der Waals surface area (Å²) in [6.45, 7) is 3.91. The van der Waals surface area contributed by atoms with Crippen molar-refractivity contribution in [3.63, 3.8) is 0 Å². The number of nitrogens with two attached hydrogens (primary N) is 1. The molecule has 1 aliphatic rings. The van der Waals surface area contributed by atoms with Gasteiger partial charge in [0, 0.05) is 13.1 Å². The van der Waals surface area contributed by atoms with E-state index in [0.29, 0.717) is 18.4 Å². The Bertz CT molecular complexity index is 388. The summed E-state index contributed by atoms with van der Waals surface area (Å²) < 4.78 is 0. The summed E-state index contributed by atoms with van der Waals surface area (Å²) in [7, 11) is 2.16. The molecular weight excluding hydrogens is 224 g/mol. The third-order valence-corrected chi connectivity index (χ3v) is 3.34. The second-order valence-corrected chi connectivity index (χ2v) is 4.98. The van der Waals surface area contributed by atoms with Crippen molar-refractivity contribution in [1.29, 1.82) is 0 Å². The van der Waals surface area contributed by atoms with Crippen molar-refractivity contribution >= 4 is 5.96 Å². The molecule has 0 aliphatic carbocycles. The van der Waals surface area contributed by atoms with Crippen LogP contribution in [0.2, 0.25) is 0 Å². The van der Waals surface area contributed by atoms with Gasteiger partial charge in [-0.1, -0.05) is 30.3 Å². The molecule has 1 aromatic carbocycles. The van der Waals surface area contributed by atoms with Crippen molar-refractivity contribution in [3.8, 4) is 0 Å². The van der Waals surface area contributed by atoms with Gasteiger partial charge in [-0.15, -0.1) is 0 Å². The maximum absolute atomic E-state index is 5.86. The molecule has 0 spiro atoms. The van der Waals surface area contributed by atoms with Crippen LogP contribution in [0.25, 0.3) is 0 Å². The predicted molar refractivity (Wildman–Crippen MR) is 75.4 cm³/mol. The Kier molecular flexibility index (Phi) is 4.59. The highest BCUT2D eigenvalue weighted by Gasteiger charge is 2.18. The van der Waals surface area contributed by atoms with Crippen LogP contribution in [0.5, 0.6) is 0 Å².